The van der Waals surface area contributed by atoms with Crippen LogP contribution in [0.2, 0.25) is 0 Å². The molecule has 1 aliphatic rings. The maximum absolute atomic E-state index is 14.1. The van der Waals surface area contributed by atoms with Gasteiger partial charge in [-0.25, -0.2) is 4.39 Å². The van der Waals surface area contributed by atoms with Gasteiger partial charge >= 0.3 is 0 Å². The van der Waals surface area contributed by atoms with Crippen LogP contribution in [0.1, 0.15) is 11.1 Å². The van der Waals surface area contributed by atoms with Gasteiger partial charge in [-0.15, -0.1) is 0 Å². The maximum Gasteiger partial charge on any atom is 0.144 e. The molecule has 1 atom stereocenters. The molecule has 0 aromatic heterocycles. The van der Waals surface area contributed by atoms with Gasteiger partial charge in [0.15, 0.2) is 0 Å². The number of benzodiazepines with no additional fused rings is 1. The fourth-order valence-corrected chi connectivity index (χ4v) is 2.81. The summed E-state index contributed by atoms with van der Waals surface area (Å²) in [6.45, 7) is 0.290. The Kier molecular flexibility index (Phi) is 4.01. The number of hydrogen-bond donors (Lipinski definition) is 1. The van der Waals surface area contributed by atoms with E-state index < -0.39 is 6.04 Å². The lowest BCUT2D eigenvalue weighted by Gasteiger charge is -2.13. The Bertz CT molecular complexity index is 730. The van der Waals surface area contributed by atoms with E-state index in [4.69, 9.17) is 0 Å². The Morgan fingerprint density at radius 1 is 1.24 bits per heavy atom. The molecule has 2 aromatic carbocycles. The van der Waals surface area contributed by atoms with Gasteiger partial charge in [0.05, 0.1) is 12.3 Å². The molecule has 0 fully saturated rings. The molecule has 0 aliphatic carbocycles. The van der Waals surface area contributed by atoms with Crippen molar-refractivity contribution in [2.75, 3.05) is 11.9 Å². The number of fused-ring (bicyclic) bond motifs is 1. The second kappa shape index (κ2) is 5.93. The van der Waals surface area contributed by atoms with Crippen molar-refractivity contribution in [3.8, 4) is 0 Å². The van der Waals surface area contributed by atoms with E-state index in [0.717, 1.165) is 21.1 Å². The topological polar surface area (TPSA) is 41.5 Å². The molecule has 0 saturated heterocycles. The van der Waals surface area contributed by atoms with Gasteiger partial charge in [-0.05, 0) is 52.9 Å². The molecule has 0 spiro atoms. The van der Waals surface area contributed by atoms with Crippen molar-refractivity contribution in [2.24, 2.45) is 4.99 Å². The van der Waals surface area contributed by atoms with E-state index in [0.29, 0.717) is 17.8 Å². The summed E-state index contributed by atoms with van der Waals surface area (Å²) in [6, 6.07) is 11.9. The fraction of sp³-hybridized carbons (Fsp3) is 0.125. The molecule has 106 valence electrons. The monoisotopic (exact) mass is 394 g/mol. The number of carbonyl (C=O) groups is 1. The minimum absolute atomic E-state index is 0.290. The predicted molar refractivity (Wildman–Crippen MR) is 89.5 cm³/mol. The van der Waals surface area contributed by atoms with Crippen LogP contribution >= 0.6 is 22.6 Å². The third-order valence-electron chi connectivity index (χ3n) is 3.32. The average molecular weight is 394 g/mol. The van der Waals surface area contributed by atoms with Crippen LogP contribution in [0.4, 0.5) is 10.1 Å². The van der Waals surface area contributed by atoms with E-state index >= 15 is 0 Å². The number of aliphatic imine (C=N–C) groups is 1. The first-order valence-electron chi connectivity index (χ1n) is 6.50. The van der Waals surface area contributed by atoms with E-state index in [1.165, 1.54) is 6.07 Å². The number of halogens is 2. The third kappa shape index (κ3) is 2.83. The van der Waals surface area contributed by atoms with Crippen LogP contribution in [0.5, 0.6) is 0 Å². The molecule has 0 amide bonds. The lowest BCUT2D eigenvalue weighted by atomic mass is 10.0. The second-order valence-electron chi connectivity index (χ2n) is 4.75. The summed E-state index contributed by atoms with van der Waals surface area (Å²) >= 11 is 2.21. The molecule has 2 aromatic rings. The molecule has 0 radical (unpaired) electrons. The van der Waals surface area contributed by atoms with Crippen LogP contribution < -0.4 is 5.32 Å². The Morgan fingerprint density at radius 3 is 2.81 bits per heavy atom. The maximum atomic E-state index is 14.1. The number of rotatable bonds is 2. The summed E-state index contributed by atoms with van der Waals surface area (Å²) in [5.74, 6) is -0.314. The quantitative estimate of drug-likeness (QED) is 0.628. The molecule has 1 N–H and O–H groups in total. The van der Waals surface area contributed by atoms with E-state index in [-0.39, 0.29) is 5.82 Å². The highest BCUT2D eigenvalue weighted by molar-refractivity contribution is 14.1. The van der Waals surface area contributed by atoms with Crippen LogP contribution in [0.3, 0.4) is 0 Å². The molecule has 1 unspecified atom stereocenters. The predicted octanol–water partition coefficient (Wildman–Crippen LogP) is 3.26. The highest BCUT2D eigenvalue weighted by Gasteiger charge is 2.21. The summed E-state index contributed by atoms with van der Waals surface area (Å²) in [5, 5.41) is 3.15. The van der Waals surface area contributed by atoms with E-state index in [2.05, 4.69) is 32.9 Å². The molecule has 21 heavy (non-hydrogen) atoms. The SMILES string of the molecule is O=CC1CN=C(c2ccccc2F)c2cc(I)ccc2N1. The van der Waals surface area contributed by atoms with Crippen LogP contribution in [0.25, 0.3) is 0 Å². The van der Waals surface area contributed by atoms with Gasteiger partial charge in [-0.1, -0.05) is 12.1 Å². The number of benzene rings is 2. The first-order valence-corrected chi connectivity index (χ1v) is 7.58. The zero-order valence-corrected chi connectivity index (χ0v) is 13.2. The van der Waals surface area contributed by atoms with E-state index in [1.54, 1.807) is 18.2 Å². The molecule has 5 heteroatoms. The van der Waals surface area contributed by atoms with Gasteiger partial charge in [0.2, 0.25) is 0 Å². The number of nitrogens with zero attached hydrogens (tertiary/aromatic N) is 1. The molecule has 0 bridgehead atoms. The molecule has 1 aliphatic heterocycles. The zero-order chi connectivity index (χ0) is 14.8. The summed E-state index contributed by atoms with van der Waals surface area (Å²) < 4.78 is 15.1. The minimum Gasteiger partial charge on any atom is -0.373 e. The molecule has 3 nitrogen and oxygen atoms in total. The number of aldehydes is 1. The van der Waals surface area contributed by atoms with Crippen molar-refractivity contribution in [3.63, 3.8) is 0 Å². The third-order valence-corrected chi connectivity index (χ3v) is 3.99. The van der Waals surface area contributed by atoms with Crippen molar-refractivity contribution >= 4 is 40.3 Å². The smallest absolute Gasteiger partial charge is 0.144 e. The summed E-state index contributed by atoms with van der Waals surface area (Å²) in [5.41, 5.74) is 2.65. The first kappa shape index (κ1) is 14.2. The van der Waals surface area contributed by atoms with E-state index in [1.807, 2.05) is 18.2 Å². The Hall–Kier alpha value is -1.76. The Balaban J connectivity index is 2.20. The van der Waals surface area contributed by atoms with Gasteiger partial charge in [0.1, 0.15) is 18.1 Å². The molecule has 0 saturated carbocycles. The van der Waals surface area contributed by atoms with Crippen LogP contribution in [-0.2, 0) is 4.79 Å². The van der Waals surface area contributed by atoms with Crippen molar-refractivity contribution in [1.82, 2.24) is 0 Å². The zero-order valence-electron chi connectivity index (χ0n) is 11.0. The number of nitrogens with one attached hydrogen (secondary N) is 1. The van der Waals surface area contributed by atoms with Crippen LogP contribution in [0, 0.1) is 9.39 Å². The summed E-state index contributed by atoms with van der Waals surface area (Å²) in [6.07, 6.45) is 0.829. The number of hydrogen-bond acceptors (Lipinski definition) is 3. The van der Waals surface area contributed by atoms with Crippen molar-refractivity contribution in [1.29, 1.82) is 0 Å². The molecular formula is C16H12FIN2O. The fourth-order valence-electron chi connectivity index (χ4n) is 2.32. The molecule has 1 heterocycles. The van der Waals surface area contributed by atoms with E-state index in [9.17, 15) is 9.18 Å². The van der Waals surface area contributed by atoms with Crippen LogP contribution in [0.15, 0.2) is 47.5 Å². The Labute approximate surface area is 135 Å². The Morgan fingerprint density at radius 2 is 2.05 bits per heavy atom. The van der Waals surface area contributed by atoms with Crippen molar-refractivity contribution in [2.45, 2.75) is 6.04 Å². The van der Waals surface area contributed by atoms with Gasteiger partial charge in [-0.3, -0.25) is 4.99 Å². The normalized spacial score (nSPS) is 17.2. The van der Waals surface area contributed by atoms with Gasteiger partial charge < -0.3 is 10.1 Å². The van der Waals surface area contributed by atoms with Crippen LogP contribution in [-0.4, -0.2) is 24.6 Å². The van der Waals surface area contributed by atoms with Gasteiger partial charge in [-0.2, -0.15) is 0 Å². The largest absolute Gasteiger partial charge is 0.373 e. The lowest BCUT2D eigenvalue weighted by Crippen LogP contribution is -2.23. The average Bonchev–Trinajstić information content (AvgIpc) is 2.67. The van der Waals surface area contributed by atoms with Gasteiger partial charge in [0, 0.05) is 20.4 Å². The summed E-state index contributed by atoms with van der Waals surface area (Å²) in [4.78, 5) is 15.6. The van der Waals surface area contributed by atoms with Gasteiger partial charge in [0.25, 0.3) is 0 Å². The highest BCUT2D eigenvalue weighted by Crippen LogP contribution is 2.26. The molecular weight excluding hydrogens is 382 g/mol. The molecule has 3 rings (SSSR count). The number of anilines is 1. The minimum atomic E-state index is -0.395. The summed E-state index contributed by atoms with van der Waals surface area (Å²) in [7, 11) is 0. The second-order valence-corrected chi connectivity index (χ2v) is 5.99. The van der Waals surface area contributed by atoms with Crippen molar-refractivity contribution < 1.29 is 9.18 Å². The lowest BCUT2D eigenvalue weighted by molar-refractivity contribution is -0.108. The highest BCUT2D eigenvalue weighted by atomic mass is 127. The van der Waals surface area contributed by atoms with Crippen molar-refractivity contribution in [3.05, 3.63) is 63.0 Å². The first-order chi connectivity index (χ1) is 10.2. The standard InChI is InChI=1S/C16H12FIN2O/c17-14-4-2-1-3-12(14)16-13-7-10(18)5-6-15(13)20-11(9-21)8-19-16/h1-7,9,11,20H,8H2. The number of carbonyl (C=O) groups excluding carboxylic acids is 1.